The smallest absolute Gasteiger partial charge is 0.292 e. The molecule has 94 valence electrons. The van der Waals surface area contributed by atoms with E-state index in [0.29, 0.717) is 5.58 Å². The number of fused-ring (bicyclic) bond motifs is 1. The average molecular weight is 262 g/mol. The van der Waals surface area contributed by atoms with Crippen LogP contribution in [0.2, 0.25) is 0 Å². The fraction of sp³-hybridized carbons (Fsp3) is 0.231. The van der Waals surface area contributed by atoms with Crippen molar-refractivity contribution in [2.24, 2.45) is 0 Å². The van der Waals surface area contributed by atoms with E-state index in [1.54, 1.807) is 6.92 Å². The lowest BCUT2D eigenvalue weighted by atomic mass is 10.2. The molecule has 0 aliphatic carbocycles. The number of hydrogen-bond acceptors (Lipinski definition) is 5. The standard InChI is InChI=1S/C13H14N2O2S/c1-9(16)18-7-3-2-4-10-5-6-12-11(8-10)15-13(14)17-12/h2,4-6,8H,3,7H2,1H3,(H2,14,15). The van der Waals surface area contributed by atoms with Gasteiger partial charge in [-0.1, -0.05) is 30.0 Å². The second-order valence-electron chi connectivity index (χ2n) is 3.81. The van der Waals surface area contributed by atoms with E-state index in [9.17, 15) is 4.79 Å². The van der Waals surface area contributed by atoms with E-state index in [0.717, 1.165) is 23.3 Å². The van der Waals surface area contributed by atoms with Gasteiger partial charge < -0.3 is 10.2 Å². The number of carbonyl (C=O) groups excluding carboxylic acids is 1. The number of nitrogens with zero attached hydrogens (tertiary/aromatic N) is 1. The molecule has 2 N–H and O–H groups in total. The predicted molar refractivity (Wildman–Crippen MR) is 75.2 cm³/mol. The predicted octanol–water partition coefficient (Wildman–Crippen LogP) is 3.09. The zero-order valence-corrected chi connectivity index (χ0v) is 10.9. The number of aromatic nitrogens is 1. The second-order valence-corrected chi connectivity index (χ2v) is 5.08. The number of anilines is 1. The molecule has 1 aromatic heterocycles. The van der Waals surface area contributed by atoms with Crippen LogP contribution in [-0.2, 0) is 4.79 Å². The van der Waals surface area contributed by atoms with Gasteiger partial charge in [-0.25, -0.2) is 0 Å². The number of rotatable bonds is 4. The van der Waals surface area contributed by atoms with Crippen LogP contribution < -0.4 is 5.73 Å². The number of carbonyl (C=O) groups is 1. The summed E-state index contributed by atoms with van der Waals surface area (Å²) in [6.07, 6.45) is 4.91. The monoisotopic (exact) mass is 262 g/mol. The van der Waals surface area contributed by atoms with E-state index in [1.165, 1.54) is 11.8 Å². The van der Waals surface area contributed by atoms with Gasteiger partial charge in [-0.3, -0.25) is 4.79 Å². The van der Waals surface area contributed by atoms with Crippen molar-refractivity contribution in [1.82, 2.24) is 4.98 Å². The second kappa shape index (κ2) is 5.73. The Balaban J connectivity index is 1.98. The lowest BCUT2D eigenvalue weighted by molar-refractivity contribution is -0.109. The summed E-state index contributed by atoms with van der Waals surface area (Å²) < 4.78 is 5.19. The molecule has 0 bridgehead atoms. The number of nitrogen functional groups attached to an aromatic ring is 1. The molecule has 0 saturated carbocycles. The minimum absolute atomic E-state index is 0.155. The summed E-state index contributed by atoms with van der Waals surface area (Å²) in [5.74, 6) is 0.811. The number of hydrogen-bond donors (Lipinski definition) is 1. The van der Waals surface area contributed by atoms with Gasteiger partial charge in [0.05, 0.1) is 0 Å². The van der Waals surface area contributed by atoms with Gasteiger partial charge in [-0.15, -0.1) is 0 Å². The fourth-order valence-corrected chi connectivity index (χ4v) is 2.10. The number of allylic oxidation sites excluding steroid dienone is 1. The SMILES string of the molecule is CC(=O)SCCC=Cc1ccc2oc(N)nc2c1. The lowest BCUT2D eigenvalue weighted by Gasteiger charge is -1.93. The molecule has 4 nitrogen and oxygen atoms in total. The first-order valence-electron chi connectivity index (χ1n) is 5.61. The summed E-state index contributed by atoms with van der Waals surface area (Å²) in [4.78, 5) is 14.8. The van der Waals surface area contributed by atoms with E-state index in [2.05, 4.69) is 4.98 Å². The van der Waals surface area contributed by atoms with E-state index in [-0.39, 0.29) is 11.1 Å². The highest BCUT2D eigenvalue weighted by Crippen LogP contribution is 2.19. The van der Waals surface area contributed by atoms with E-state index < -0.39 is 0 Å². The highest BCUT2D eigenvalue weighted by atomic mass is 32.2. The average Bonchev–Trinajstić information content (AvgIpc) is 2.67. The summed E-state index contributed by atoms with van der Waals surface area (Å²) in [6, 6.07) is 5.90. The van der Waals surface area contributed by atoms with Crippen molar-refractivity contribution in [3.05, 3.63) is 29.8 Å². The summed E-state index contributed by atoms with van der Waals surface area (Å²) in [6.45, 7) is 1.58. The Morgan fingerprint density at radius 3 is 3.17 bits per heavy atom. The normalized spacial score (nSPS) is 11.4. The molecule has 18 heavy (non-hydrogen) atoms. The highest BCUT2D eigenvalue weighted by molar-refractivity contribution is 8.13. The third-order valence-electron chi connectivity index (χ3n) is 2.33. The van der Waals surface area contributed by atoms with Crippen LogP contribution in [-0.4, -0.2) is 15.9 Å². The molecule has 2 aromatic rings. The van der Waals surface area contributed by atoms with Gasteiger partial charge in [0.2, 0.25) is 0 Å². The highest BCUT2D eigenvalue weighted by Gasteiger charge is 2.01. The Bertz CT molecular complexity index is 590. The van der Waals surface area contributed by atoms with Crippen molar-refractivity contribution in [2.45, 2.75) is 13.3 Å². The quantitative estimate of drug-likeness (QED) is 0.857. The first-order chi connectivity index (χ1) is 8.65. The van der Waals surface area contributed by atoms with Gasteiger partial charge >= 0.3 is 0 Å². The summed E-state index contributed by atoms with van der Waals surface area (Å²) in [7, 11) is 0. The lowest BCUT2D eigenvalue weighted by Crippen LogP contribution is -1.83. The molecule has 0 spiro atoms. The molecule has 5 heteroatoms. The topological polar surface area (TPSA) is 69.1 Å². The van der Waals surface area contributed by atoms with Crippen LogP contribution in [0.1, 0.15) is 18.9 Å². The molecule has 0 aliphatic rings. The molecule has 1 heterocycles. The summed E-state index contributed by atoms with van der Waals surface area (Å²) >= 11 is 1.34. The Kier molecular flexibility index (Phi) is 4.04. The Labute approximate surface area is 109 Å². The van der Waals surface area contributed by atoms with Crippen molar-refractivity contribution < 1.29 is 9.21 Å². The van der Waals surface area contributed by atoms with Crippen LogP contribution in [0.3, 0.4) is 0 Å². The van der Waals surface area contributed by atoms with Crippen LogP contribution in [0.4, 0.5) is 6.01 Å². The molecule has 0 amide bonds. The third-order valence-corrected chi connectivity index (χ3v) is 3.17. The maximum Gasteiger partial charge on any atom is 0.292 e. The largest absolute Gasteiger partial charge is 0.424 e. The van der Waals surface area contributed by atoms with E-state index in [1.807, 2.05) is 30.4 Å². The van der Waals surface area contributed by atoms with Crippen LogP contribution >= 0.6 is 11.8 Å². The number of nitrogens with two attached hydrogens (primary N) is 1. The van der Waals surface area contributed by atoms with Gasteiger partial charge in [0, 0.05) is 12.7 Å². The summed E-state index contributed by atoms with van der Waals surface area (Å²) in [5.41, 5.74) is 7.97. The van der Waals surface area contributed by atoms with Crippen LogP contribution in [0.5, 0.6) is 0 Å². The zero-order valence-electron chi connectivity index (χ0n) is 10.1. The van der Waals surface area contributed by atoms with Crippen LogP contribution in [0.15, 0.2) is 28.7 Å². The van der Waals surface area contributed by atoms with Crippen molar-refractivity contribution in [3.8, 4) is 0 Å². The van der Waals surface area contributed by atoms with Gasteiger partial charge in [0.1, 0.15) is 5.52 Å². The zero-order chi connectivity index (χ0) is 13.0. The van der Waals surface area contributed by atoms with Crippen molar-refractivity contribution in [2.75, 3.05) is 11.5 Å². The van der Waals surface area contributed by atoms with Crippen molar-refractivity contribution in [3.63, 3.8) is 0 Å². The minimum Gasteiger partial charge on any atom is -0.424 e. The Morgan fingerprint density at radius 1 is 1.56 bits per heavy atom. The van der Waals surface area contributed by atoms with Crippen LogP contribution in [0, 0.1) is 0 Å². The van der Waals surface area contributed by atoms with Crippen LogP contribution in [0.25, 0.3) is 17.2 Å². The van der Waals surface area contributed by atoms with E-state index in [4.69, 9.17) is 10.2 Å². The van der Waals surface area contributed by atoms with Crippen molar-refractivity contribution in [1.29, 1.82) is 0 Å². The molecule has 0 fully saturated rings. The molecular formula is C13H14N2O2S. The number of benzene rings is 1. The third kappa shape index (κ3) is 3.37. The van der Waals surface area contributed by atoms with Crippen molar-refractivity contribution >= 4 is 40.1 Å². The summed E-state index contributed by atoms with van der Waals surface area (Å²) in [5, 5.41) is 0.155. The molecule has 0 radical (unpaired) electrons. The Hall–Kier alpha value is -1.75. The molecule has 2 rings (SSSR count). The van der Waals surface area contributed by atoms with Gasteiger partial charge in [-0.2, -0.15) is 4.98 Å². The maximum absolute atomic E-state index is 10.7. The molecule has 0 saturated heterocycles. The minimum atomic E-state index is 0.155. The van der Waals surface area contributed by atoms with E-state index >= 15 is 0 Å². The molecule has 0 aliphatic heterocycles. The molecular weight excluding hydrogens is 248 g/mol. The fourth-order valence-electron chi connectivity index (χ4n) is 1.56. The molecule has 1 aromatic carbocycles. The Morgan fingerprint density at radius 2 is 2.39 bits per heavy atom. The number of oxazole rings is 1. The van der Waals surface area contributed by atoms with Gasteiger partial charge in [0.15, 0.2) is 10.7 Å². The number of thioether (sulfide) groups is 1. The molecule has 0 atom stereocenters. The first-order valence-corrected chi connectivity index (χ1v) is 6.59. The maximum atomic E-state index is 10.7. The van der Waals surface area contributed by atoms with Gasteiger partial charge in [0.25, 0.3) is 6.01 Å². The van der Waals surface area contributed by atoms with Gasteiger partial charge in [-0.05, 0) is 24.1 Å². The molecule has 0 unspecified atom stereocenters. The first kappa shape index (κ1) is 12.7.